The van der Waals surface area contributed by atoms with E-state index in [9.17, 15) is 4.79 Å². The minimum Gasteiger partial charge on any atom is -0.370 e. The van der Waals surface area contributed by atoms with Gasteiger partial charge < -0.3 is 10.6 Å². The summed E-state index contributed by atoms with van der Waals surface area (Å²) in [5.74, 6) is 0.377. The Morgan fingerprint density at radius 3 is 2.52 bits per heavy atom. The number of carbonyl (C=O) groups is 1. The van der Waals surface area contributed by atoms with Crippen molar-refractivity contribution in [3.63, 3.8) is 0 Å². The summed E-state index contributed by atoms with van der Waals surface area (Å²) in [6.07, 6.45) is 0. The SMILES string of the molecule is CCNc1cc(C(=O)Nc2c(Cl)cccc2Cl)cc(C)n1. The molecule has 0 spiro atoms. The Kier molecular flexibility index (Phi) is 5.04. The van der Waals surface area contributed by atoms with Crippen molar-refractivity contribution < 1.29 is 4.79 Å². The van der Waals surface area contributed by atoms with Gasteiger partial charge in [0.2, 0.25) is 0 Å². The van der Waals surface area contributed by atoms with Gasteiger partial charge in [-0.1, -0.05) is 29.3 Å². The Balaban J connectivity index is 2.28. The van der Waals surface area contributed by atoms with E-state index < -0.39 is 0 Å². The average molecular weight is 324 g/mol. The highest BCUT2D eigenvalue weighted by molar-refractivity contribution is 6.40. The molecule has 2 N–H and O–H groups in total. The molecule has 0 aliphatic carbocycles. The number of hydrogen-bond acceptors (Lipinski definition) is 3. The van der Waals surface area contributed by atoms with Crippen LogP contribution in [0.4, 0.5) is 11.5 Å². The second-order valence-electron chi connectivity index (χ2n) is 4.46. The molecule has 1 aromatic carbocycles. The number of rotatable bonds is 4. The van der Waals surface area contributed by atoms with Gasteiger partial charge in [0.25, 0.3) is 5.91 Å². The molecule has 21 heavy (non-hydrogen) atoms. The van der Waals surface area contributed by atoms with Gasteiger partial charge in [-0.15, -0.1) is 0 Å². The number of para-hydroxylation sites is 1. The molecular formula is C15H15Cl2N3O. The number of nitrogens with one attached hydrogen (secondary N) is 2. The Bertz CT molecular complexity index is 654. The smallest absolute Gasteiger partial charge is 0.255 e. The number of pyridine rings is 1. The first-order chi connectivity index (χ1) is 10.0. The van der Waals surface area contributed by atoms with E-state index in [2.05, 4.69) is 15.6 Å². The van der Waals surface area contributed by atoms with Crippen molar-refractivity contribution in [1.29, 1.82) is 0 Å². The highest BCUT2D eigenvalue weighted by atomic mass is 35.5. The fourth-order valence-electron chi connectivity index (χ4n) is 1.87. The third kappa shape index (κ3) is 3.86. The third-order valence-corrected chi connectivity index (χ3v) is 3.40. The van der Waals surface area contributed by atoms with Crippen molar-refractivity contribution in [3.05, 3.63) is 51.6 Å². The largest absolute Gasteiger partial charge is 0.370 e. The van der Waals surface area contributed by atoms with Gasteiger partial charge in [-0.3, -0.25) is 4.79 Å². The highest BCUT2D eigenvalue weighted by Crippen LogP contribution is 2.30. The van der Waals surface area contributed by atoms with Gasteiger partial charge in [0, 0.05) is 17.8 Å². The number of nitrogens with zero attached hydrogens (tertiary/aromatic N) is 1. The molecule has 6 heteroatoms. The fraction of sp³-hybridized carbons (Fsp3) is 0.200. The molecule has 2 aromatic rings. The lowest BCUT2D eigenvalue weighted by Gasteiger charge is -2.11. The van der Waals surface area contributed by atoms with Gasteiger partial charge in [-0.05, 0) is 38.1 Å². The second-order valence-corrected chi connectivity index (χ2v) is 5.28. The van der Waals surface area contributed by atoms with Crippen LogP contribution < -0.4 is 10.6 Å². The van der Waals surface area contributed by atoms with Gasteiger partial charge in [-0.25, -0.2) is 4.98 Å². The molecule has 0 bridgehead atoms. The summed E-state index contributed by atoms with van der Waals surface area (Å²) in [6, 6.07) is 8.47. The van der Waals surface area contributed by atoms with E-state index in [1.807, 2.05) is 13.8 Å². The molecule has 0 saturated carbocycles. The summed E-state index contributed by atoms with van der Waals surface area (Å²) in [4.78, 5) is 16.6. The van der Waals surface area contributed by atoms with Crippen molar-refractivity contribution in [2.45, 2.75) is 13.8 Å². The van der Waals surface area contributed by atoms with Crippen LogP contribution in [0, 0.1) is 6.92 Å². The number of hydrogen-bond donors (Lipinski definition) is 2. The van der Waals surface area contributed by atoms with E-state index in [4.69, 9.17) is 23.2 Å². The van der Waals surface area contributed by atoms with E-state index in [1.54, 1.807) is 30.3 Å². The molecule has 2 rings (SSSR count). The van der Waals surface area contributed by atoms with Crippen LogP contribution in [0.3, 0.4) is 0 Å². The molecule has 0 unspecified atom stereocenters. The Labute approximate surface area is 133 Å². The van der Waals surface area contributed by atoms with Gasteiger partial charge in [0.05, 0.1) is 15.7 Å². The molecule has 1 heterocycles. The first kappa shape index (κ1) is 15.6. The van der Waals surface area contributed by atoms with Gasteiger partial charge in [-0.2, -0.15) is 0 Å². The maximum absolute atomic E-state index is 12.3. The van der Waals surface area contributed by atoms with Crippen LogP contribution in [0.1, 0.15) is 23.0 Å². The first-order valence-electron chi connectivity index (χ1n) is 6.49. The minimum atomic E-state index is -0.283. The third-order valence-electron chi connectivity index (χ3n) is 2.77. The summed E-state index contributed by atoms with van der Waals surface area (Å²) in [7, 11) is 0. The van der Waals surface area contributed by atoms with Gasteiger partial charge in [0.15, 0.2) is 0 Å². The Hall–Kier alpha value is -1.78. The Morgan fingerprint density at radius 1 is 1.24 bits per heavy atom. The first-order valence-corrected chi connectivity index (χ1v) is 7.24. The predicted octanol–water partition coefficient (Wildman–Crippen LogP) is 4.38. The maximum Gasteiger partial charge on any atom is 0.255 e. The van der Waals surface area contributed by atoms with Crippen LogP contribution >= 0.6 is 23.2 Å². The van der Waals surface area contributed by atoms with Crippen molar-refractivity contribution >= 4 is 40.6 Å². The second kappa shape index (κ2) is 6.78. The molecule has 4 nitrogen and oxygen atoms in total. The van der Waals surface area contributed by atoms with E-state index in [0.717, 1.165) is 12.2 Å². The number of carbonyl (C=O) groups excluding carboxylic acids is 1. The molecule has 1 aromatic heterocycles. The molecule has 0 aliphatic rings. The number of benzene rings is 1. The molecule has 0 saturated heterocycles. The normalized spacial score (nSPS) is 10.3. The van der Waals surface area contributed by atoms with Gasteiger partial charge in [0.1, 0.15) is 5.82 Å². The summed E-state index contributed by atoms with van der Waals surface area (Å²) >= 11 is 12.1. The summed E-state index contributed by atoms with van der Waals surface area (Å²) in [5, 5.41) is 6.61. The standard InChI is InChI=1S/C15H15Cl2N3O/c1-3-18-13-8-10(7-9(2)19-13)15(21)20-14-11(16)5-4-6-12(14)17/h4-8H,3H2,1-2H3,(H,18,19)(H,20,21). The van der Waals surface area contributed by atoms with Crippen LogP contribution in [0.25, 0.3) is 0 Å². The number of anilines is 2. The van der Waals surface area contributed by atoms with Crippen LogP contribution in [0.5, 0.6) is 0 Å². The predicted molar refractivity (Wildman–Crippen MR) is 87.6 cm³/mol. The number of aryl methyl sites for hydroxylation is 1. The fourth-order valence-corrected chi connectivity index (χ4v) is 2.37. The molecule has 0 radical (unpaired) electrons. The lowest BCUT2D eigenvalue weighted by molar-refractivity contribution is 0.102. The average Bonchev–Trinajstić information content (AvgIpc) is 2.42. The lowest BCUT2D eigenvalue weighted by atomic mass is 10.2. The monoisotopic (exact) mass is 323 g/mol. The van der Waals surface area contributed by atoms with Crippen molar-refractivity contribution in [3.8, 4) is 0 Å². The van der Waals surface area contributed by atoms with Crippen LogP contribution in [-0.2, 0) is 0 Å². The molecule has 0 aliphatic heterocycles. The van der Waals surface area contributed by atoms with Crippen molar-refractivity contribution in [2.24, 2.45) is 0 Å². The minimum absolute atomic E-state index is 0.283. The molecule has 0 fully saturated rings. The van der Waals surface area contributed by atoms with E-state index >= 15 is 0 Å². The summed E-state index contributed by atoms with van der Waals surface area (Å²) in [6.45, 7) is 4.53. The lowest BCUT2D eigenvalue weighted by Crippen LogP contribution is -2.14. The summed E-state index contributed by atoms with van der Waals surface area (Å²) < 4.78 is 0. The van der Waals surface area contributed by atoms with E-state index in [-0.39, 0.29) is 5.91 Å². The zero-order chi connectivity index (χ0) is 15.4. The highest BCUT2D eigenvalue weighted by Gasteiger charge is 2.13. The molecule has 0 atom stereocenters. The number of amides is 1. The van der Waals surface area contributed by atoms with E-state index in [0.29, 0.717) is 27.1 Å². The maximum atomic E-state index is 12.3. The molecule has 1 amide bonds. The quantitative estimate of drug-likeness (QED) is 0.877. The Morgan fingerprint density at radius 2 is 1.90 bits per heavy atom. The van der Waals surface area contributed by atoms with E-state index in [1.165, 1.54) is 0 Å². The number of halogens is 2. The zero-order valence-corrected chi connectivity index (χ0v) is 13.2. The van der Waals surface area contributed by atoms with Crippen LogP contribution in [0.15, 0.2) is 30.3 Å². The van der Waals surface area contributed by atoms with Gasteiger partial charge >= 0.3 is 0 Å². The topological polar surface area (TPSA) is 54.0 Å². The summed E-state index contributed by atoms with van der Waals surface area (Å²) in [5.41, 5.74) is 1.66. The van der Waals surface area contributed by atoms with Crippen LogP contribution in [0.2, 0.25) is 10.0 Å². The van der Waals surface area contributed by atoms with Crippen molar-refractivity contribution in [2.75, 3.05) is 17.2 Å². The van der Waals surface area contributed by atoms with Crippen molar-refractivity contribution in [1.82, 2.24) is 4.98 Å². The van der Waals surface area contributed by atoms with Crippen LogP contribution in [-0.4, -0.2) is 17.4 Å². The molecule has 110 valence electrons. The number of aromatic nitrogens is 1. The molecular weight excluding hydrogens is 309 g/mol. The zero-order valence-electron chi connectivity index (χ0n) is 11.7.